The molecule has 1 aromatic carbocycles. The van der Waals surface area contributed by atoms with Crippen LogP contribution in [0.4, 0.5) is 15.9 Å². The van der Waals surface area contributed by atoms with Crippen molar-refractivity contribution in [1.29, 1.82) is 0 Å². The average molecular weight is 375 g/mol. The molecule has 1 fully saturated rings. The summed E-state index contributed by atoms with van der Waals surface area (Å²) in [6, 6.07) is 6.12. The number of carbonyl (C=O) groups excluding carboxylic acids is 2. The lowest BCUT2D eigenvalue weighted by molar-refractivity contribution is -0.114. The van der Waals surface area contributed by atoms with Crippen LogP contribution in [0.25, 0.3) is 0 Å². The molecule has 26 heavy (non-hydrogen) atoms. The van der Waals surface area contributed by atoms with E-state index in [4.69, 9.17) is 11.6 Å². The van der Waals surface area contributed by atoms with Crippen LogP contribution in [0, 0.1) is 5.82 Å². The predicted octanol–water partition coefficient (Wildman–Crippen LogP) is 3.04. The van der Waals surface area contributed by atoms with Gasteiger partial charge < -0.3 is 15.5 Å². The van der Waals surface area contributed by atoms with Crippen molar-refractivity contribution in [3.05, 3.63) is 52.4 Å². The van der Waals surface area contributed by atoms with Crippen molar-refractivity contribution < 1.29 is 14.0 Å². The fraction of sp³-hybridized carbons (Fsp3) is 0.278. The molecular formula is C18H16ClFN4O2. The maximum atomic E-state index is 14.1. The van der Waals surface area contributed by atoms with E-state index in [9.17, 15) is 14.0 Å². The maximum Gasteiger partial charge on any atom is 0.256 e. The number of rotatable bonds is 4. The first kappa shape index (κ1) is 16.8. The zero-order valence-electron chi connectivity index (χ0n) is 13.8. The number of halogens is 2. The fourth-order valence-corrected chi connectivity index (χ4v) is 3.17. The minimum atomic E-state index is -0.434. The molecule has 1 aliphatic carbocycles. The SMILES string of the molecule is O=C1CNc2ncc(C(=O)N(Cc3c(F)cccc3Cl)C3CC3)cc2N1. The molecule has 2 aliphatic rings. The largest absolute Gasteiger partial charge is 0.359 e. The molecule has 8 heteroatoms. The number of anilines is 2. The molecule has 2 aromatic rings. The van der Waals surface area contributed by atoms with Crippen molar-refractivity contribution in [2.45, 2.75) is 25.4 Å². The van der Waals surface area contributed by atoms with E-state index in [2.05, 4.69) is 15.6 Å². The Bertz CT molecular complexity index is 881. The second-order valence-electron chi connectivity index (χ2n) is 6.39. The van der Waals surface area contributed by atoms with Crippen molar-refractivity contribution in [2.75, 3.05) is 17.2 Å². The Morgan fingerprint density at radius 2 is 2.19 bits per heavy atom. The topological polar surface area (TPSA) is 74.3 Å². The quantitative estimate of drug-likeness (QED) is 0.862. The molecule has 1 aliphatic heterocycles. The van der Waals surface area contributed by atoms with Crippen LogP contribution in [0.1, 0.15) is 28.8 Å². The van der Waals surface area contributed by atoms with E-state index >= 15 is 0 Å². The number of aromatic nitrogens is 1. The summed E-state index contributed by atoms with van der Waals surface area (Å²) in [7, 11) is 0. The number of benzene rings is 1. The third kappa shape index (κ3) is 3.22. The lowest BCUT2D eigenvalue weighted by atomic mass is 10.1. The Balaban J connectivity index is 1.62. The van der Waals surface area contributed by atoms with E-state index in [1.54, 1.807) is 17.0 Å². The lowest BCUT2D eigenvalue weighted by Gasteiger charge is -2.24. The van der Waals surface area contributed by atoms with Gasteiger partial charge in [0.1, 0.15) is 11.6 Å². The summed E-state index contributed by atoms with van der Waals surface area (Å²) in [6.45, 7) is 0.240. The molecule has 0 spiro atoms. The van der Waals surface area contributed by atoms with E-state index in [1.807, 2.05) is 0 Å². The van der Waals surface area contributed by atoms with E-state index in [-0.39, 0.29) is 30.9 Å². The van der Waals surface area contributed by atoms with Crippen LogP contribution in [-0.4, -0.2) is 34.3 Å². The van der Waals surface area contributed by atoms with E-state index in [0.717, 1.165) is 12.8 Å². The molecule has 134 valence electrons. The molecular weight excluding hydrogens is 359 g/mol. The van der Waals surface area contributed by atoms with Crippen molar-refractivity contribution in [1.82, 2.24) is 9.88 Å². The number of hydrogen-bond donors (Lipinski definition) is 2. The number of nitrogens with zero attached hydrogens (tertiary/aromatic N) is 2. The number of amides is 2. The summed E-state index contributed by atoms with van der Waals surface area (Å²) in [4.78, 5) is 30.4. The highest BCUT2D eigenvalue weighted by atomic mass is 35.5. The Hall–Kier alpha value is -2.67. The van der Waals surface area contributed by atoms with Crippen LogP contribution in [0.3, 0.4) is 0 Å². The summed E-state index contributed by atoms with van der Waals surface area (Å²) < 4.78 is 14.1. The number of carbonyl (C=O) groups is 2. The first-order chi connectivity index (χ1) is 12.5. The molecule has 2 amide bonds. The average Bonchev–Trinajstić information content (AvgIpc) is 3.45. The lowest BCUT2D eigenvalue weighted by Crippen LogP contribution is -2.34. The van der Waals surface area contributed by atoms with Crippen molar-refractivity contribution in [2.24, 2.45) is 0 Å². The van der Waals surface area contributed by atoms with Gasteiger partial charge in [-0.3, -0.25) is 9.59 Å². The molecule has 0 unspecified atom stereocenters. The number of nitrogens with one attached hydrogen (secondary N) is 2. The normalized spacial score (nSPS) is 15.7. The molecule has 4 rings (SSSR count). The van der Waals surface area contributed by atoms with Gasteiger partial charge in [0.15, 0.2) is 0 Å². The second-order valence-corrected chi connectivity index (χ2v) is 6.79. The van der Waals surface area contributed by atoms with Gasteiger partial charge in [-0.2, -0.15) is 0 Å². The summed E-state index contributed by atoms with van der Waals surface area (Å²) in [5.74, 6) is -0.365. The van der Waals surface area contributed by atoms with Crippen LogP contribution in [0.2, 0.25) is 5.02 Å². The van der Waals surface area contributed by atoms with Gasteiger partial charge in [-0.15, -0.1) is 0 Å². The van der Waals surface area contributed by atoms with Crippen LogP contribution in [-0.2, 0) is 11.3 Å². The first-order valence-electron chi connectivity index (χ1n) is 8.30. The van der Waals surface area contributed by atoms with E-state index in [0.29, 0.717) is 27.7 Å². The third-order valence-corrected chi connectivity index (χ3v) is 4.82. The number of pyridine rings is 1. The van der Waals surface area contributed by atoms with Gasteiger partial charge in [0.25, 0.3) is 5.91 Å². The highest BCUT2D eigenvalue weighted by Crippen LogP contribution is 2.33. The Morgan fingerprint density at radius 3 is 2.92 bits per heavy atom. The van der Waals surface area contributed by atoms with Gasteiger partial charge in [-0.25, -0.2) is 9.37 Å². The molecule has 0 atom stereocenters. The molecule has 2 N–H and O–H groups in total. The maximum absolute atomic E-state index is 14.1. The summed E-state index contributed by atoms with van der Waals surface area (Å²) >= 11 is 6.11. The van der Waals surface area contributed by atoms with Crippen molar-refractivity contribution in [3.8, 4) is 0 Å². The molecule has 1 aromatic heterocycles. The Kier molecular flexibility index (Phi) is 4.24. The Labute approximate surface area is 154 Å². The van der Waals surface area contributed by atoms with Crippen LogP contribution in [0.5, 0.6) is 0 Å². The van der Waals surface area contributed by atoms with Crippen LogP contribution < -0.4 is 10.6 Å². The minimum Gasteiger partial charge on any atom is -0.359 e. The molecule has 0 saturated heterocycles. The van der Waals surface area contributed by atoms with Gasteiger partial charge in [-0.1, -0.05) is 17.7 Å². The Morgan fingerprint density at radius 1 is 1.38 bits per heavy atom. The monoisotopic (exact) mass is 374 g/mol. The van der Waals surface area contributed by atoms with Gasteiger partial charge >= 0.3 is 0 Å². The molecule has 2 heterocycles. The van der Waals surface area contributed by atoms with Gasteiger partial charge in [0, 0.05) is 22.8 Å². The second kappa shape index (κ2) is 6.57. The summed E-state index contributed by atoms with van der Waals surface area (Å²) in [5, 5.41) is 5.87. The highest BCUT2D eigenvalue weighted by Gasteiger charge is 2.34. The van der Waals surface area contributed by atoms with Gasteiger partial charge in [0.05, 0.1) is 24.3 Å². The zero-order chi connectivity index (χ0) is 18.3. The third-order valence-electron chi connectivity index (χ3n) is 4.46. The number of hydrogen-bond acceptors (Lipinski definition) is 4. The smallest absolute Gasteiger partial charge is 0.256 e. The molecule has 6 nitrogen and oxygen atoms in total. The van der Waals surface area contributed by atoms with E-state index in [1.165, 1.54) is 18.3 Å². The standard InChI is InChI=1S/C18H16ClFN4O2/c19-13-2-1-3-14(20)12(13)9-24(11-4-5-11)18(26)10-6-15-17(21-7-10)22-8-16(25)23-15/h1-3,6-7,11H,4-5,8-9H2,(H,21,22)(H,23,25). The predicted molar refractivity (Wildman–Crippen MR) is 95.7 cm³/mol. The van der Waals surface area contributed by atoms with Crippen LogP contribution in [0.15, 0.2) is 30.5 Å². The molecule has 0 bridgehead atoms. The molecule has 1 saturated carbocycles. The summed E-state index contributed by atoms with van der Waals surface area (Å²) in [5.41, 5.74) is 1.11. The number of fused-ring (bicyclic) bond motifs is 1. The molecule has 0 radical (unpaired) electrons. The van der Waals surface area contributed by atoms with Gasteiger partial charge in [-0.05, 0) is 31.0 Å². The minimum absolute atomic E-state index is 0.0573. The van der Waals surface area contributed by atoms with Gasteiger partial charge in [0.2, 0.25) is 5.91 Å². The summed E-state index contributed by atoms with van der Waals surface area (Å²) in [6.07, 6.45) is 3.20. The first-order valence-corrected chi connectivity index (χ1v) is 8.68. The van der Waals surface area contributed by atoms with Crippen LogP contribution >= 0.6 is 11.6 Å². The van der Waals surface area contributed by atoms with E-state index < -0.39 is 5.82 Å². The van der Waals surface area contributed by atoms with Crippen molar-refractivity contribution >= 4 is 34.9 Å². The highest BCUT2D eigenvalue weighted by molar-refractivity contribution is 6.31. The fourth-order valence-electron chi connectivity index (χ4n) is 2.95. The zero-order valence-corrected chi connectivity index (χ0v) is 14.5. The van der Waals surface area contributed by atoms with Crippen molar-refractivity contribution in [3.63, 3.8) is 0 Å².